The molecule has 3 rings (SSSR count). The maximum absolute atomic E-state index is 6.12. The maximum Gasteiger partial charge on any atom is 0.0851 e. The first kappa shape index (κ1) is 11.6. The predicted molar refractivity (Wildman–Crippen MR) is 79.7 cm³/mol. The van der Waals surface area contributed by atoms with Gasteiger partial charge in [0.2, 0.25) is 0 Å². The Hall–Kier alpha value is -0.443. The summed E-state index contributed by atoms with van der Waals surface area (Å²) in [6.07, 6.45) is 10.9. The highest BCUT2D eigenvalue weighted by molar-refractivity contribution is 9.11. The summed E-state index contributed by atoms with van der Waals surface area (Å²) in [4.78, 5) is 0. The number of allylic oxidation sites excluding steroid dienone is 10. The molecule has 0 nitrogen and oxygen atoms in total. The van der Waals surface area contributed by atoms with Crippen molar-refractivity contribution in [3.8, 4) is 0 Å². The van der Waals surface area contributed by atoms with Gasteiger partial charge in [-0.1, -0.05) is 59.6 Å². The normalized spacial score (nSPS) is 24.7. The molecule has 0 saturated carbocycles. The van der Waals surface area contributed by atoms with E-state index in [4.69, 9.17) is 11.6 Å². The van der Waals surface area contributed by atoms with Gasteiger partial charge in [-0.25, -0.2) is 0 Å². The molecule has 2 aliphatic carbocycles. The van der Waals surface area contributed by atoms with Crippen molar-refractivity contribution in [2.45, 2.75) is 13.8 Å². The van der Waals surface area contributed by atoms with Crippen LogP contribution in [0.4, 0.5) is 0 Å². The van der Waals surface area contributed by atoms with Gasteiger partial charge in [-0.3, -0.25) is 0 Å². The average Bonchev–Trinajstić information content (AvgIpc) is 2.53. The van der Waals surface area contributed by atoms with Crippen LogP contribution in [0.25, 0.3) is 0 Å². The van der Waals surface area contributed by atoms with E-state index in [9.17, 15) is 0 Å². The highest BCUT2D eigenvalue weighted by Crippen LogP contribution is 2.47. The lowest BCUT2D eigenvalue weighted by Crippen LogP contribution is -2.17. The van der Waals surface area contributed by atoms with Gasteiger partial charge < -0.3 is 0 Å². The van der Waals surface area contributed by atoms with Crippen molar-refractivity contribution in [3.63, 3.8) is 0 Å². The molecule has 0 bridgehead atoms. The summed E-state index contributed by atoms with van der Waals surface area (Å²) in [6.45, 7) is 4.52. The number of halogens is 2. The Morgan fingerprint density at radius 3 is 2.76 bits per heavy atom. The number of fused-ring (bicyclic) bond motifs is 2. The third kappa shape index (κ3) is 1.83. The molecular formula is C14H11BrClSi. The summed E-state index contributed by atoms with van der Waals surface area (Å²) in [5, 5.41) is 1.38. The van der Waals surface area contributed by atoms with E-state index in [1.54, 1.807) is 0 Å². The third-order valence-electron chi connectivity index (χ3n) is 3.23. The molecular weight excluding hydrogens is 312 g/mol. The van der Waals surface area contributed by atoms with Crippen molar-refractivity contribution in [2.75, 3.05) is 0 Å². The van der Waals surface area contributed by atoms with Gasteiger partial charge in [-0.2, -0.15) is 0 Å². The van der Waals surface area contributed by atoms with E-state index < -0.39 is 0 Å². The van der Waals surface area contributed by atoms with Crippen LogP contribution >= 0.6 is 27.5 Å². The Bertz CT molecular complexity index is 598. The molecule has 0 spiro atoms. The van der Waals surface area contributed by atoms with Crippen LogP contribution in [0, 0.1) is 5.41 Å². The molecule has 85 valence electrons. The fourth-order valence-electron chi connectivity index (χ4n) is 2.64. The molecule has 0 aromatic heterocycles. The smallest absolute Gasteiger partial charge is 0.0851 e. The second-order valence-corrected chi connectivity index (χ2v) is 7.97. The second-order valence-electron chi connectivity index (χ2n) is 5.00. The first-order valence-electron chi connectivity index (χ1n) is 5.52. The van der Waals surface area contributed by atoms with Crippen molar-refractivity contribution in [3.05, 3.63) is 56.8 Å². The van der Waals surface area contributed by atoms with Gasteiger partial charge in [0.25, 0.3) is 0 Å². The fraction of sp³-hybridized carbons (Fsp3) is 0.214. The van der Waals surface area contributed by atoms with Gasteiger partial charge >= 0.3 is 0 Å². The molecule has 1 aliphatic heterocycles. The topological polar surface area (TPSA) is 0 Å². The minimum Gasteiger partial charge on any atom is -0.0899 e. The average molecular weight is 323 g/mol. The number of hydrogen-bond acceptors (Lipinski definition) is 0. The lowest BCUT2D eigenvalue weighted by atomic mass is 9.76. The summed E-state index contributed by atoms with van der Waals surface area (Å²) in [5.41, 5.74) is 4.22. The number of rotatable bonds is 0. The molecule has 1 radical (unpaired) electrons. The van der Waals surface area contributed by atoms with E-state index in [0.717, 1.165) is 4.63 Å². The molecule has 0 fully saturated rings. The van der Waals surface area contributed by atoms with Gasteiger partial charge in [0.05, 0.1) is 9.13 Å². The summed E-state index contributed by atoms with van der Waals surface area (Å²) < 4.78 is 2.12. The van der Waals surface area contributed by atoms with Crippen LogP contribution in [-0.4, -0.2) is 13.8 Å². The maximum atomic E-state index is 6.12. The molecule has 0 amide bonds. The second kappa shape index (κ2) is 3.77. The summed E-state index contributed by atoms with van der Waals surface area (Å²) in [7, 11) is 0.603. The first-order valence-corrected chi connectivity index (χ1v) is 7.69. The van der Waals surface area contributed by atoms with Crippen molar-refractivity contribution in [1.82, 2.24) is 0 Å². The highest BCUT2D eigenvalue weighted by atomic mass is 79.9. The molecule has 0 atom stereocenters. The SMILES string of the molecule is CC1(C)C=C(Br)C=C2C=C3[Si]=C(Cl)C=CC3=C21. The Balaban J connectivity index is 2.24. The van der Waals surface area contributed by atoms with Crippen LogP contribution in [-0.2, 0) is 0 Å². The van der Waals surface area contributed by atoms with E-state index >= 15 is 0 Å². The molecule has 3 heteroatoms. The van der Waals surface area contributed by atoms with Gasteiger partial charge in [0.15, 0.2) is 0 Å². The Kier molecular flexibility index (Phi) is 2.58. The highest BCUT2D eigenvalue weighted by Gasteiger charge is 2.33. The van der Waals surface area contributed by atoms with E-state index in [1.807, 2.05) is 6.08 Å². The fourth-order valence-corrected chi connectivity index (χ4v) is 4.82. The van der Waals surface area contributed by atoms with Gasteiger partial charge in [-0.15, -0.1) is 0 Å². The predicted octanol–water partition coefficient (Wildman–Crippen LogP) is 4.07. The molecule has 0 unspecified atom stereocenters. The van der Waals surface area contributed by atoms with Crippen molar-refractivity contribution < 1.29 is 0 Å². The number of hydrogen-bond donors (Lipinski definition) is 0. The zero-order chi connectivity index (χ0) is 12.2. The van der Waals surface area contributed by atoms with Crippen LogP contribution in [0.5, 0.6) is 0 Å². The summed E-state index contributed by atoms with van der Waals surface area (Å²) >= 11 is 9.71. The van der Waals surface area contributed by atoms with Gasteiger partial charge in [0.1, 0.15) is 0 Å². The monoisotopic (exact) mass is 321 g/mol. The van der Waals surface area contributed by atoms with E-state index in [1.165, 1.54) is 26.4 Å². The van der Waals surface area contributed by atoms with Crippen LogP contribution < -0.4 is 0 Å². The van der Waals surface area contributed by atoms with Gasteiger partial charge in [-0.05, 0) is 34.1 Å². The minimum absolute atomic E-state index is 0.0785. The van der Waals surface area contributed by atoms with Crippen molar-refractivity contribution in [1.29, 1.82) is 0 Å². The molecule has 1 heterocycles. The van der Waals surface area contributed by atoms with Crippen molar-refractivity contribution in [2.24, 2.45) is 5.41 Å². The lowest BCUT2D eigenvalue weighted by Gasteiger charge is -2.29. The quantitative estimate of drug-likeness (QED) is 0.590. The molecule has 17 heavy (non-hydrogen) atoms. The van der Waals surface area contributed by atoms with Crippen LogP contribution in [0.3, 0.4) is 0 Å². The molecule has 0 N–H and O–H groups in total. The first-order chi connectivity index (χ1) is 7.97. The standard InChI is InChI=1S/C14H11BrClSi/c1-14(2)7-9(15)5-8-6-11-10(13(8)14)3-4-12(16)17-11/h3-7H,1-2H3. The molecule has 0 aromatic carbocycles. The van der Waals surface area contributed by atoms with Crippen LogP contribution in [0.1, 0.15) is 13.8 Å². The minimum atomic E-state index is 0.0785. The molecule has 0 aromatic rings. The van der Waals surface area contributed by atoms with Gasteiger partial charge in [0, 0.05) is 14.5 Å². The zero-order valence-electron chi connectivity index (χ0n) is 9.64. The van der Waals surface area contributed by atoms with Crippen molar-refractivity contribution >= 4 is 41.3 Å². The Morgan fingerprint density at radius 2 is 2.00 bits per heavy atom. The largest absolute Gasteiger partial charge is 0.0899 e. The Morgan fingerprint density at radius 1 is 1.24 bits per heavy atom. The van der Waals surface area contributed by atoms with Crippen LogP contribution in [0.15, 0.2) is 56.8 Å². The lowest BCUT2D eigenvalue weighted by molar-refractivity contribution is 0.583. The zero-order valence-corrected chi connectivity index (χ0v) is 13.0. The van der Waals surface area contributed by atoms with E-state index in [2.05, 4.69) is 54.1 Å². The summed E-state index contributed by atoms with van der Waals surface area (Å²) in [6, 6.07) is 0. The van der Waals surface area contributed by atoms with E-state index in [0.29, 0.717) is 9.13 Å². The molecule has 3 aliphatic rings. The third-order valence-corrected chi connectivity index (χ3v) is 5.19. The van der Waals surface area contributed by atoms with Crippen LogP contribution in [0.2, 0.25) is 0 Å². The Labute approximate surface area is 117 Å². The molecule has 0 saturated heterocycles. The summed E-state index contributed by atoms with van der Waals surface area (Å²) in [5.74, 6) is 0. The van der Waals surface area contributed by atoms with E-state index in [-0.39, 0.29) is 5.41 Å².